The van der Waals surface area contributed by atoms with Crippen LogP contribution in [0.15, 0.2) is 22.8 Å². The molecule has 0 radical (unpaired) electrons. The van der Waals surface area contributed by atoms with Gasteiger partial charge >= 0.3 is 0 Å². The Bertz CT molecular complexity index is 476. The first-order chi connectivity index (χ1) is 7.66. The van der Waals surface area contributed by atoms with Gasteiger partial charge in [0.2, 0.25) is 11.8 Å². The van der Waals surface area contributed by atoms with E-state index in [1.54, 1.807) is 25.3 Å². The molecule has 2 rings (SSSR count). The van der Waals surface area contributed by atoms with Crippen molar-refractivity contribution < 1.29 is 9.21 Å². The Morgan fingerprint density at radius 2 is 2.50 bits per heavy atom. The van der Waals surface area contributed by atoms with E-state index >= 15 is 0 Å². The molecule has 2 aromatic rings. The number of aromatic nitrogens is 3. The van der Waals surface area contributed by atoms with Gasteiger partial charge in [-0.05, 0) is 19.1 Å². The number of carbonyl (C=O) groups excluding carboxylic acids is 1. The molecule has 4 N–H and O–H groups in total. The Labute approximate surface area is 91.0 Å². The van der Waals surface area contributed by atoms with E-state index in [4.69, 9.17) is 10.2 Å². The van der Waals surface area contributed by atoms with Gasteiger partial charge in [0.05, 0.1) is 12.3 Å². The predicted octanol–water partition coefficient (Wildman–Crippen LogP) is 0.471. The minimum absolute atomic E-state index is 0.0378. The molecular weight excluding hydrogens is 210 g/mol. The average molecular weight is 221 g/mol. The van der Waals surface area contributed by atoms with Crippen LogP contribution >= 0.6 is 0 Å². The van der Waals surface area contributed by atoms with Crippen molar-refractivity contribution in [1.82, 2.24) is 20.5 Å². The highest BCUT2D eigenvalue weighted by molar-refractivity contribution is 5.90. The van der Waals surface area contributed by atoms with Gasteiger partial charge in [0.15, 0.2) is 0 Å². The normalized spacial score (nSPS) is 12.3. The van der Waals surface area contributed by atoms with E-state index < -0.39 is 0 Å². The third-order valence-electron chi connectivity index (χ3n) is 2.04. The SMILES string of the molecule is C[C@@H](NC(=O)c1nc(N)n[nH]1)c1ccco1. The summed E-state index contributed by atoms with van der Waals surface area (Å²) in [4.78, 5) is 15.3. The first-order valence-electron chi connectivity index (χ1n) is 4.69. The van der Waals surface area contributed by atoms with Gasteiger partial charge < -0.3 is 15.5 Å². The van der Waals surface area contributed by atoms with E-state index in [-0.39, 0.29) is 23.7 Å². The van der Waals surface area contributed by atoms with E-state index in [1.807, 2.05) is 0 Å². The highest BCUT2D eigenvalue weighted by Gasteiger charge is 2.15. The fourth-order valence-corrected chi connectivity index (χ4v) is 1.25. The van der Waals surface area contributed by atoms with E-state index in [1.165, 1.54) is 0 Å². The number of furan rings is 1. The monoisotopic (exact) mass is 221 g/mol. The molecule has 1 amide bonds. The Balaban J connectivity index is 2.03. The summed E-state index contributed by atoms with van der Waals surface area (Å²) in [6.07, 6.45) is 1.55. The lowest BCUT2D eigenvalue weighted by Gasteiger charge is -2.09. The smallest absolute Gasteiger partial charge is 0.289 e. The first kappa shape index (κ1) is 10.2. The molecule has 84 valence electrons. The molecular formula is C9H11N5O2. The summed E-state index contributed by atoms with van der Waals surface area (Å²) >= 11 is 0. The van der Waals surface area contributed by atoms with Crippen molar-refractivity contribution in [2.75, 3.05) is 5.73 Å². The summed E-state index contributed by atoms with van der Waals surface area (Å²) in [5.41, 5.74) is 5.29. The first-order valence-corrected chi connectivity index (χ1v) is 4.69. The fourth-order valence-electron chi connectivity index (χ4n) is 1.25. The van der Waals surface area contributed by atoms with Gasteiger partial charge in [0.1, 0.15) is 5.76 Å². The molecule has 7 nitrogen and oxygen atoms in total. The zero-order valence-electron chi connectivity index (χ0n) is 8.60. The lowest BCUT2D eigenvalue weighted by atomic mass is 10.2. The lowest BCUT2D eigenvalue weighted by Crippen LogP contribution is -2.27. The molecule has 0 saturated carbocycles. The molecule has 0 fully saturated rings. The summed E-state index contributed by atoms with van der Waals surface area (Å²) in [5, 5.41) is 8.68. The molecule has 0 aliphatic rings. The predicted molar refractivity (Wildman–Crippen MR) is 55.4 cm³/mol. The van der Waals surface area contributed by atoms with Gasteiger partial charge in [-0.2, -0.15) is 4.98 Å². The van der Waals surface area contributed by atoms with E-state index in [0.29, 0.717) is 5.76 Å². The average Bonchev–Trinajstić information content (AvgIpc) is 2.87. The third-order valence-corrected chi connectivity index (χ3v) is 2.04. The number of carbonyl (C=O) groups is 1. The molecule has 0 saturated heterocycles. The van der Waals surface area contributed by atoms with Crippen molar-refractivity contribution >= 4 is 11.9 Å². The van der Waals surface area contributed by atoms with Crippen LogP contribution in [-0.4, -0.2) is 21.1 Å². The second-order valence-electron chi connectivity index (χ2n) is 3.25. The number of hydrogen-bond acceptors (Lipinski definition) is 5. The number of nitrogens with one attached hydrogen (secondary N) is 2. The van der Waals surface area contributed by atoms with Crippen LogP contribution in [-0.2, 0) is 0 Å². The van der Waals surface area contributed by atoms with Gasteiger partial charge in [-0.15, -0.1) is 5.10 Å². The molecule has 0 aliphatic carbocycles. The highest BCUT2D eigenvalue weighted by Crippen LogP contribution is 2.12. The Kier molecular flexibility index (Phi) is 2.59. The number of anilines is 1. The van der Waals surface area contributed by atoms with Crippen molar-refractivity contribution in [3.63, 3.8) is 0 Å². The van der Waals surface area contributed by atoms with Gasteiger partial charge in [0, 0.05) is 0 Å². The third kappa shape index (κ3) is 2.02. The van der Waals surface area contributed by atoms with Gasteiger partial charge in [-0.3, -0.25) is 9.89 Å². The molecule has 2 heterocycles. The molecule has 7 heteroatoms. The van der Waals surface area contributed by atoms with E-state index in [9.17, 15) is 4.79 Å². The van der Waals surface area contributed by atoms with Crippen LogP contribution in [0.2, 0.25) is 0 Å². The van der Waals surface area contributed by atoms with Crippen molar-refractivity contribution in [3.8, 4) is 0 Å². The number of nitrogens with zero attached hydrogens (tertiary/aromatic N) is 2. The van der Waals surface area contributed by atoms with Crippen molar-refractivity contribution in [3.05, 3.63) is 30.0 Å². The van der Waals surface area contributed by atoms with Crippen molar-refractivity contribution in [2.45, 2.75) is 13.0 Å². The van der Waals surface area contributed by atoms with Crippen LogP contribution in [0.25, 0.3) is 0 Å². The zero-order valence-corrected chi connectivity index (χ0v) is 8.60. The number of rotatable bonds is 3. The Morgan fingerprint density at radius 1 is 1.69 bits per heavy atom. The maximum absolute atomic E-state index is 11.6. The number of nitrogens with two attached hydrogens (primary N) is 1. The van der Waals surface area contributed by atoms with Crippen LogP contribution < -0.4 is 11.1 Å². The molecule has 0 aromatic carbocycles. The Hall–Kier alpha value is -2.31. The molecule has 0 unspecified atom stereocenters. The Morgan fingerprint density at radius 3 is 3.06 bits per heavy atom. The van der Waals surface area contributed by atoms with Crippen LogP contribution in [0, 0.1) is 0 Å². The molecule has 1 atom stereocenters. The number of hydrogen-bond donors (Lipinski definition) is 3. The zero-order chi connectivity index (χ0) is 11.5. The summed E-state index contributed by atoms with van der Waals surface area (Å²) < 4.78 is 5.15. The molecule has 16 heavy (non-hydrogen) atoms. The quantitative estimate of drug-likeness (QED) is 0.697. The maximum Gasteiger partial charge on any atom is 0.289 e. The van der Waals surface area contributed by atoms with E-state index in [2.05, 4.69) is 20.5 Å². The van der Waals surface area contributed by atoms with Gasteiger partial charge in [-0.1, -0.05) is 0 Å². The van der Waals surface area contributed by atoms with Crippen LogP contribution in [0.4, 0.5) is 5.95 Å². The number of H-pyrrole nitrogens is 1. The largest absolute Gasteiger partial charge is 0.467 e. The number of amides is 1. The second kappa shape index (κ2) is 4.05. The number of nitrogen functional groups attached to an aromatic ring is 1. The summed E-state index contributed by atoms with van der Waals surface area (Å²) in [7, 11) is 0. The van der Waals surface area contributed by atoms with Crippen LogP contribution in [0.5, 0.6) is 0 Å². The molecule has 0 aliphatic heterocycles. The second-order valence-corrected chi connectivity index (χ2v) is 3.25. The highest BCUT2D eigenvalue weighted by atomic mass is 16.3. The van der Waals surface area contributed by atoms with E-state index in [0.717, 1.165) is 0 Å². The molecule has 0 bridgehead atoms. The lowest BCUT2D eigenvalue weighted by molar-refractivity contribution is 0.0925. The van der Waals surface area contributed by atoms with Gasteiger partial charge in [-0.25, -0.2) is 0 Å². The van der Waals surface area contributed by atoms with Crippen LogP contribution in [0.1, 0.15) is 29.3 Å². The molecule has 0 spiro atoms. The standard InChI is InChI=1S/C9H11N5O2/c1-5(6-3-2-4-16-6)11-8(15)7-12-9(10)14-13-7/h2-5H,1H3,(H,11,15)(H3,10,12,13,14)/t5-/m1/s1. The fraction of sp³-hybridized carbons (Fsp3) is 0.222. The summed E-state index contributed by atoms with van der Waals surface area (Å²) in [5.74, 6) is 0.403. The molecule has 2 aromatic heterocycles. The van der Waals surface area contributed by atoms with Crippen LogP contribution in [0.3, 0.4) is 0 Å². The maximum atomic E-state index is 11.6. The number of aromatic amines is 1. The minimum Gasteiger partial charge on any atom is -0.467 e. The topological polar surface area (TPSA) is 110 Å². The van der Waals surface area contributed by atoms with Crippen molar-refractivity contribution in [2.24, 2.45) is 0 Å². The summed E-state index contributed by atoms with van der Waals surface area (Å²) in [6, 6.07) is 3.29. The van der Waals surface area contributed by atoms with Crippen molar-refractivity contribution in [1.29, 1.82) is 0 Å². The van der Waals surface area contributed by atoms with Gasteiger partial charge in [0.25, 0.3) is 5.91 Å². The minimum atomic E-state index is -0.381. The summed E-state index contributed by atoms with van der Waals surface area (Å²) in [6.45, 7) is 1.80.